The number of alkyl halides is 5. The fourth-order valence-corrected chi connectivity index (χ4v) is 4.00. The van der Waals surface area contributed by atoms with Crippen molar-refractivity contribution in [2.45, 2.75) is 49.6 Å². The first-order valence-electron chi connectivity index (χ1n) is 9.85. The molecule has 0 radical (unpaired) electrons. The third kappa shape index (κ3) is 4.85. The quantitative estimate of drug-likeness (QED) is 0.507. The molecule has 0 fully saturated rings. The van der Waals surface area contributed by atoms with Crippen molar-refractivity contribution in [3.63, 3.8) is 0 Å². The number of carbonyl (C=O) groups is 1. The number of fused-ring (bicyclic) bond motifs is 2. The van der Waals surface area contributed by atoms with E-state index in [4.69, 9.17) is 21.1 Å². The van der Waals surface area contributed by atoms with Gasteiger partial charge in [-0.2, -0.15) is 13.2 Å². The van der Waals surface area contributed by atoms with Crippen LogP contribution >= 0.6 is 11.6 Å². The first-order chi connectivity index (χ1) is 14.9. The number of carboxylic acid groups (broad SMARTS) is 1. The molecule has 0 bridgehead atoms. The SMILES string of the molecule is CO[C@@H](C)CC(C(=O)O)n1cc2c(cc1=O)C1=C(C=CC(Cl)C1F)C[C@@H](C(F)(F)F)CO2. The van der Waals surface area contributed by atoms with E-state index in [1.54, 1.807) is 6.92 Å². The van der Waals surface area contributed by atoms with E-state index in [0.717, 1.165) is 16.8 Å². The van der Waals surface area contributed by atoms with Crippen LogP contribution in [0, 0.1) is 5.92 Å². The minimum atomic E-state index is -4.61. The highest BCUT2D eigenvalue weighted by Gasteiger charge is 2.43. The molecule has 2 aliphatic rings. The Bertz CT molecular complexity index is 1000. The molecule has 0 amide bonds. The lowest BCUT2D eigenvalue weighted by Gasteiger charge is -2.31. The molecule has 32 heavy (non-hydrogen) atoms. The predicted octanol–water partition coefficient (Wildman–Crippen LogP) is 4.13. The Hall–Kier alpha value is -2.33. The number of rotatable bonds is 5. The van der Waals surface area contributed by atoms with Crippen LogP contribution in [0.3, 0.4) is 0 Å². The summed E-state index contributed by atoms with van der Waals surface area (Å²) in [6.45, 7) is 0.839. The number of ether oxygens (including phenoxy) is 2. The highest BCUT2D eigenvalue weighted by molar-refractivity contribution is 6.23. The summed E-state index contributed by atoms with van der Waals surface area (Å²) in [6.07, 6.45) is -3.99. The average Bonchev–Trinajstić information content (AvgIpc) is 2.70. The Morgan fingerprint density at radius 3 is 2.72 bits per heavy atom. The molecule has 1 aromatic heterocycles. The number of aliphatic carboxylic acids is 1. The number of allylic oxidation sites excluding steroid dienone is 4. The van der Waals surface area contributed by atoms with Gasteiger partial charge in [-0.3, -0.25) is 9.36 Å². The third-order valence-electron chi connectivity index (χ3n) is 5.66. The number of methoxy groups -OCH3 is 1. The monoisotopic (exact) mass is 479 g/mol. The van der Waals surface area contributed by atoms with Crippen LogP contribution < -0.4 is 10.3 Å². The zero-order valence-electron chi connectivity index (χ0n) is 17.2. The van der Waals surface area contributed by atoms with Gasteiger partial charge in [0, 0.05) is 30.7 Å². The van der Waals surface area contributed by atoms with Crippen LogP contribution in [0.5, 0.6) is 5.75 Å². The van der Waals surface area contributed by atoms with E-state index in [-0.39, 0.29) is 28.9 Å². The van der Waals surface area contributed by atoms with Crippen molar-refractivity contribution < 1.29 is 36.9 Å². The van der Waals surface area contributed by atoms with Crippen molar-refractivity contribution in [3.8, 4) is 5.75 Å². The number of pyridine rings is 1. The Balaban J connectivity index is 2.18. The van der Waals surface area contributed by atoms with Crippen LogP contribution in [0.2, 0.25) is 0 Å². The highest BCUT2D eigenvalue weighted by atomic mass is 35.5. The van der Waals surface area contributed by atoms with Crippen LogP contribution in [-0.4, -0.2) is 53.2 Å². The largest absolute Gasteiger partial charge is 0.491 e. The van der Waals surface area contributed by atoms with Crippen molar-refractivity contribution in [2.75, 3.05) is 13.7 Å². The van der Waals surface area contributed by atoms with Crippen LogP contribution in [0.1, 0.15) is 31.4 Å². The van der Waals surface area contributed by atoms with Gasteiger partial charge in [0.25, 0.3) is 5.56 Å². The molecular weight excluding hydrogens is 458 g/mol. The summed E-state index contributed by atoms with van der Waals surface area (Å²) in [5, 5.41) is 8.48. The second-order valence-corrected chi connectivity index (χ2v) is 8.33. The van der Waals surface area contributed by atoms with Gasteiger partial charge in [0.1, 0.15) is 24.6 Å². The van der Waals surface area contributed by atoms with E-state index in [1.807, 2.05) is 0 Å². The van der Waals surface area contributed by atoms with E-state index < -0.39 is 60.3 Å². The molecule has 1 N–H and O–H groups in total. The molecule has 176 valence electrons. The summed E-state index contributed by atoms with van der Waals surface area (Å²) in [5.41, 5.74) is -0.886. The van der Waals surface area contributed by atoms with Crippen molar-refractivity contribution >= 4 is 23.1 Å². The molecule has 1 aromatic rings. The summed E-state index contributed by atoms with van der Waals surface area (Å²) in [7, 11) is 1.38. The van der Waals surface area contributed by atoms with E-state index in [9.17, 15) is 27.9 Å². The van der Waals surface area contributed by atoms with Gasteiger partial charge >= 0.3 is 12.1 Å². The zero-order valence-corrected chi connectivity index (χ0v) is 18.0. The molecule has 0 spiro atoms. The summed E-state index contributed by atoms with van der Waals surface area (Å²) in [4.78, 5) is 24.6. The van der Waals surface area contributed by atoms with Gasteiger partial charge < -0.3 is 14.6 Å². The number of hydrogen-bond acceptors (Lipinski definition) is 4. The normalized spacial score (nSPS) is 25.2. The van der Waals surface area contributed by atoms with Gasteiger partial charge in [0.05, 0.1) is 23.6 Å². The van der Waals surface area contributed by atoms with Gasteiger partial charge in [-0.15, -0.1) is 11.6 Å². The van der Waals surface area contributed by atoms with Gasteiger partial charge in [0.2, 0.25) is 0 Å². The minimum absolute atomic E-state index is 0.0340. The number of aromatic nitrogens is 1. The Morgan fingerprint density at radius 1 is 1.44 bits per heavy atom. The molecule has 1 aliphatic heterocycles. The molecule has 11 heteroatoms. The number of halogens is 5. The Kier molecular flexibility index (Phi) is 7.04. The van der Waals surface area contributed by atoms with E-state index in [1.165, 1.54) is 19.3 Å². The maximum absolute atomic E-state index is 15.1. The lowest BCUT2D eigenvalue weighted by molar-refractivity contribution is -0.181. The second kappa shape index (κ2) is 9.27. The number of hydrogen-bond donors (Lipinski definition) is 1. The molecule has 3 unspecified atom stereocenters. The van der Waals surface area contributed by atoms with Crippen LogP contribution in [0.15, 0.2) is 34.8 Å². The molecule has 6 nitrogen and oxygen atoms in total. The van der Waals surface area contributed by atoms with Gasteiger partial charge in [0.15, 0.2) is 0 Å². The number of carboxylic acids is 1. The molecule has 0 saturated heterocycles. The summed E-state index contributed by atoms with van der Waals surface area (Å²) >= 11 is 5.98. The predicted molar refractivity (Wildman–Crippen MR) is 109 cm³/mol. The Labute approximate surface area is 186 Å². The maximum atomic E-state index is 15.1. The van der Waals surface area contributed by atoms with Crippen LogP contribution in [0.4, 0.5) is 17.6 Å². The van der Waals surface area contributed by atoms with Crippen molar-refractivity contribution in [3.05, 3.63) is 45.9 Å². The molecule has 5 atom stereocenters. The standard InChI is InChI=1S/C21H22ClF4NO5/c1-10(31-2)5-15(20(29)30)27-8-16-13(7-17(27)28)18-11(3-4-14(22)19(18)23)6-12(9-32-16)21(24,25)26/h3-4,7-8,10,12,14-15,19H,5-6,9H2,1-2H3,(H,29,30)/t10-,12+,14?,15?,19?/m0/s1. The van der Waals surface area contributed by atoms with Gasteiger partial charge in [-0.25, -0.2) is 9.18 Å². The maximum Gasteiger partial charge on any atom is 0.395 e. The molecule has 0 aromatic carbocycles. The minimum Gasteiger partial charge on any atom is -0.491 e. The van der Waals surface area contributed by atoms with Crippen molar-refractivity contribution in [1.82, 2.24) is 4.57 Å². The fourth-order valence-electron chi connectivity index (χ4n) is 3.80. The van der Waals surface area contributed by atoms with Gasteiger partial charge in [-0.05, 0) is 18.9 Å². The number of nitrogens with zero attached hydrogens (tertiary/aromatic N) is 1. The molecule has 1 aliphatic carbocycles. The third-order valence-corrected chi connectivity index (χ3v) is 6.03. The lowest BCUT2D eigenvalue weighted by Crippen LogP contribution is -2.35. The first-order valence-corrected chi connectivity index (χ1v) is 10.3. The smallest absolute Gasteiger partial charge is 0.395 e. The van der Waals surface area contributed by atoms with Crippen molar-refractivity contribution in [2.24, 2.45) is 5.92 Å². The fraction of sp³-hybridized carbons (Fsp3) is 0.524. The first kappa shape index (κ1) is 24.3. The summed E-state index contributed by atoms with van der Waals surface area (Å²) < 4.78 is 67.0. The molecule has 3 rings (SSSR count). The highest BCUT2D eigenvalue weighted by Crippen LogP contribution is 2.43. The van der Waals surface area contributed by atoms with Crippen LogP contribution in [0.25, 0.3) is 5.57 Å². The van der Waals surface area contributed by atoms with E-state index in [2.05, 4.69) is 0 Å². The Morgan fingerprint density at radius 2 is 2.12 bits per heavy atom. The topological polar surface area (TPSA) is 77.8 Å². The van der Waals surface area contributed by atoms with E-state index in [0.29, 0.717) is 0 Å². The molecule has 2 heterocycles. The van der Waals surface area contributed by atoms with Gasteiger partial charge in [-0.1, -0.05) is 12.2 Å². The second-order valence-electron chi connectivity index (χ2n) is 7.83. The average molecular weight is 480 g/mol. The molecular formula is C21H22ClF4NO5. The van der Waals surface area contributed by atoms with Crippen LogP contribution in [-0.2, 0) is 9.53 Å². The zero-order chi connectivity index (χ0) is 23.8. The van der Waals surface area contributed by atoms with E-state index >= 15 is 4.39 Å². The van der Waals surface area contributed by atoms with Crippen molar-refractivity contribution in [1.29, 1.82) is 0 Å². The summed E-state index contributed by atoms with van der Waals surface area (Å²) in [5.74, 6) is -3.47. The molecule has 0 saturated carbocycles. The lowest BCUT2D eigenvalue weighted by atomic mass is 9.84. The summed E-state index contributed by atoms with van der Waals surface area (Å²) in [6, 6.07) is -0.377.